The number of pyridine rings is 1. The van der Waals surface area contributed by atoms with Gasteiger partial charge in [0.05, 0.1) is 0 Å². The number of nitrogens with one attached hydrogen (secondary N) is 1. The van der Waals surface area contributed by atoms with Gasteiger partial charge in [0.1, 0.15) is 11.6 Å². The minimum Gasteiger partial charge on any atom is -0.365 e. The Morgan fingerprint density at radius 1 is 1.15 bits per heavy atom. The molecule has 2 rings (SSSR count). The van der Waals surface area contributed by atoms with Gasteiger partial charge in [-0.15, -0.1) is 0 Å². The molecule has 3 nitrogen and oxygen atoms in total. The minimum atomic E-state index is 0.0461. The van der Waals surface area contributed by atoms with Gasteiger partial charge in [0.2, 0.25) is 0 Å². The summed E-state index contributed by atoms with van der Waals surface area (Å²) < 4.78 is 0. The highest BCUT2D eigenvalue weighted by Crippen LogP contribution is 2.29. The van der Waals surface area contributed by atoms with Gasteiger partial charge in [0, 0.05) is 18.6 Å². The van der Waals surface area contributed by atoms with E-state index in [9.17, 15) is 0 Å². The van der Waals surface area contributed by atoms with Crippen LogP contribution in [0.15, 0.2) is 18.2 Å². The van der Waals surface area contributed by atoms with Crippen molar-refractivity contribution in [3.63, 3.8) is 0 Å². The summed E-state index contributed by atoms with van der Waals surface area (Å²) >= 11 is 0. The van der Waals surface area contributed by atoms with Crippen LogP contribution in [0.3, 0.4) is 0 Å². The molecule has 1 N–H and O–H groups in total. The molecule has 0 aromatic carbocycles. The Kier molecular flexibility index (Phi) is 4.56. The molecule has 0 unspecified atom stereocenters. The summed E-state index contributed by atoms with van der Waals surface area (Å²) in [6.07, 6.45) is 5.26. The van der Waals surface area contributed by atoms with Crippen LogP contribution in [-0.4, -0.2) is 23.6 Å². The van der Waals surface area contributed by atoms with Crippen LogP contribution < -0.4 is 10.2 Å². The van der Waals surface area contributed by atoms with Crippen LogP contribution in [0.1, 0.15) is 53.4 Å². The quantitative estimate of drug-likeness (QED) is 0.891. The molecule has 1 aromatic rings. The third kappa shape index (κ3) is 4.12. The summed E-state index contributed by atoms with van der Waals surface area (Å²) in [7, 11) is 2.18. The molecule has 112 valence electrons. The molecule has 0 spiro atoms. The van der Waals surface area contributed by atoms with Gasteiger partial charge in [0.15, 0.2) is 0 Å². The highest BCUT2D eigenvalue weighted by atomic mass is 15.2. The van der Waals surface area contributed by atoms with Crippen molar-refractivity contribution in [2.45, 2.75) is 65.0 Å². The van der Waals surface area contributed by atoms with E-state index in [0.717, 1.165) is 17.6 Å². The van der Waals surface area contributed by atoms with Gasteiger partial charge in [-0.25, -0.2) is 4.98 Å². The molecule has 1 saturated carbocycles. The molecule has 3 heteroatoms. The van der Waals surface area contributed by atoms with Crippen LogP contribution in [0.2, 0.25) is 0 Å². The van der Waals surface area contributed by atoms with Gasteiger partial charge in [-0.1, -0.05) is 13.0 Å². The van der Waals surface area contributed by atoms with Gasteiger partial charge in [-0.3, -0.25) is 0 Å². The normalized spacial score (nSPS) is 23.4. The standard InChI is InChI=1S/C17H29N3/c1-13-9-11-14(12-10-13)20(5)16-8-6-7-15(18-16)19-17(2,3)4/h6-8,13-14H,9-12H2,1-5H3,(H,18,19). The second-order valence-electron chi connectivity index (χ2n) is 7.28. The van der Waals surface area contributed by atoms with Crippen LogP contribution in [-0.2, 0) is 0 Å². The predicted octanol–water partition coefficient (Wildman–Crippen LogP) is 4.31. The average Bonchev–Trinajstić information content (AvgIpc) is 2.37. The molecule has 1 aliphatic rings. The van der Waals surface area contributed by atoms with Crippen molar-refractivity contribution in [2.24, 2.45) is 5.92 Å². The van der Waals surface area contributed by atoms with Crippen LogP contribution in [0, 0.1) is 5.92 Å². The van der Waals surface area contributed by atoms with Crippen molar-refractivity contribution in [2.75, 3.05) is 17.3 Å². The van der Waals surface area contributed by atoms with E-state index >= 15 is 0 Å². The number of rotatable bonds is 3. The maximum absolute atomic E-state index is 4.77. The van der Waals surface area contributed by atoms with Crippen molar-refractivity contribution >= 4 is 11.6 Å². The molecular weight excluding hydrogens is 246 g/mol. The van der Waals surface area contributed by atoms with E-state index in [1.54, 1.807) is 0 Å². The lowest BCUT2D eigenvalue weighted by Gasteiger charge is -2.34. The first-order valence-corrected chi connectivity index (χ1v) is 7.83. The first-order valence-electron chi connectivity index (χ1n) is 7.83. The van der Waals surface area contributed by atoms with E-state index in [0.29, 0.717) is 6.04 Å². The van der Waals surface area contributed by atoms with Crippen LogP contribution >= 0.6 is 0 Å². The summed E-state index contributed by atoms with van der Waals surface area (Å²) in [6.45, 7) is 8.84. The lowest BCUT2D eigenvalue weighted by Crippen LogP contribution is -2.35. The molecule has 1 heterocycles. The summed E-state index contributed by atoms with van der Waals surface area (Å²) in [4.78, 5) is 7.13. The number of nitrogens with zero attached hydrogens (tertiary/aromatic N) is 2. The number of anilines is 2. The summed E-state index contributed by atoms with van der Waals surface area (Å²) in [5.74, 6) is 2.94. The van der Waals surface area contributed by atoms with E-state index in [4.69, 9.17) is 4.98 Å². The predicted molar refractivity (Wildman–Crippen MR) is 87.4 cm³/mol. The zero-order valence-electron chi connectivity index (χ0n) is 13.6. The Morgan fingerprint density at radius 3 is 2.40 bits per heavy atom. The monoisotopic (exact) mass is 275 g/mol. The molecule has 0 atom stereocenters. The molecule has 1 aromatic heterocycles. The maximum Gasteiger partial charge on any atom is 0.130 e. The third-order valence-electron chi connectivity index (χ3n) is 4.13. The van der Waals surface area contributed by atoms with Crippen molar-refractivity contribution in [1.29, 1.82) is 0 Å². The number of aromatic nitrogens is 1. The Balaban J connectivity index is 2.06. The van der Waals surface area contributed by atoms with E-state index in [1.165, 1.54) is 25.7 Å². The molecule has 0 aliphatic heterocycles. The highest BCUT2D eigenvalue weighted by Gasteiger charge is 2.22. The first kappa shape index (κ1) is 15.1. The van der Waals surface area contributed by atoms with E-state index in [1.807, 2.05) is 6.07 Å². The largest absolute Gasteiger partial charge is 0.365 e. The fourth-order valence-electron chi connectivity index (χ4n) is 2.89. The zero-order valence-corrected chi connectivity index (χ0v) is 13.6. The molecule has 20 heavy (non-hydrogen) atoms. The lowest BCUT2D eigenvalue weighted by atomic mass is 9.87. The molecule has 1 aliphatic carbocycles. The summed E-state index contributed by atoms with van der Waals surface area (Å²) in [5.41, 5.74) is 0.0461. The van der Waals surface area contributed by atoms with Crippen molar-refractivity contribution in [1.82, 2.24) is 4.98 Å². The Hall–Kier alpha value is -1.25. The maximum atomic E-state index is 4.77. The van der Waals surface area contributed by atoms with Gasteiger partial charge in [-0.2, -0.15) is 0 Å². The van der Waals surface area contributed by atoms with Gasteiger partial charge in [-0.05, 0) is 64.5 Å². The van der Waals surface area contributed by atoms with Gasteiger partial charge in [0.25, 0.3) is 0 Å². The van der Waals surface area contributed by atoms with E-state index in [-0.39, 0.29) is 5.54 Å². The van der Waals surface area contributed by atoms with Gasteiger partial charge < -0.3 is 10.2 Å². The third-order valence-corrected chi connectivity index (χ3v) is 4.13. The molecule has 0 amide bonds. The topological polar surface area (TPSA) is 28.2 Å². The van der Waals surface area contributed by atoms with Crippen molar-refractivity contribution < 1.29 is 0 Å². The number of hydrogen-bond donors (Lipinski definition) is 1. The average molecular weight is 275 g/mol. The van der Waals surface area contributed by atoms with Crippen LogP contribution in [0.25, 0.3) is 0 Å². The van der Waals surface area contributed by atoms with Gasteiger partial charge >= 0.3 is 0 Å². The van der Waals surface area contributed by atoms with Crippen molar-refractivity contribution in [3.05, 3.63) is 18.2 Å². The molecule has 0 radical (unpaired) electrons. The van der Waals surface area contributed by atoms with Crippen LogP contribution in [0.5, 0.6) is 0 Å². The van der Waals surface area contributed by atoms with Crippen LogP contribution in [0.4, 0.5) is 11.6 Å². The molecular formula is C17H29N3. The highest BCUT2D eigenvalue weighted by molar-refractivity contribution is 5.48. The molecule has 0 bridgehead atoms. The molecule has 1 fully saturated rings. The zero-order chi connectivity index (χ0) is 14.8. The second-order valence-corrected chi connectivity index (χ2v) is 7.28. The minimum absolute atomic E-state index is 0.0461. The Morgan fingerprint density at radius 2 is 1.80 bits per heavy atom. The Bertz CT molecular complexity index is 428. The smallest absolute Gasteiger partial charge is 0.130 e. The first-order chi connectivity index (χ1) is 9.35. The fraction of sp³-hybridized carbons (Fsp3) is 0.706. The Labute approximate surface area is 123 Å². The van der Waals surface area contributed by atoms with E-state index in [2.05, 4.69) is 57.1 Å². The second kappa shape index (κ2) is 6.02. The SMILES string of the molecule is CC1CCC(N(C)c2cccc(NC(C)(C)C)n2)CC1. The molecule has 0 saturated heterocycles. The number of hydrogen-bond acceptors (Lipinski definition) is 3. The fourth-order valence-corrected chi connectivity index (χ4v) is 2.89. The summed E-state index contributed by atoms with van der Waals surface area (Å²) in [6, 6.07) is 6.90. The summed E-state index contributed by atoms with van der Waals surface area (Å²) in [5, 5.41) is 3.45. The van der Waals surface area contributed by atoms with Crippen molar-refractivity contribution in [3.8, 4) is 0 Å². The lowest BCUT2D eigenvalue weighted by molar-refractivity contribution is 0.340. The van der Waals surface area contributed by atoms with E-state index < -0.39 is 0 Å².